The minimum absolute atomic E-state index is 0.189. The third kappa shape index (κ3) is 4.42. The maximum absolute atomic E-state index is 10.8. The molecule has 0 aliphatic carbocycles. The van der Waals surface area contributed by atoms with Gasteiger partial charge < -0.3 is 9.84 Å². The summed E-state index contributed by atoms with van der Waals surface area (Å²) in [6.45, 7) is 2.26. The van der Waals surface area contributed by atoms with Crippen LogP contribution in [0.3, 0.4) is 0 Å². The zero-order valence-electron chi connectivity index (χ0n) is 11.4. The third-order valence-corrected chi connectivity index (χ3v) is 3.20. The summed E-state index contributed by atoms with van der Waals surface area (Å²) in [6.07, 6.45) is 0.449. The van der Waals surface area contributed by atoms with Gasteiger partial charge in [0.25, 0.3) is 0 Å². The summed E-state index contributed by atoms with van der Waals surface area (Å²) in [5.41, 5.74) is 0. The van der Waals surface area contributed by atoms with Gasteiger partial charge >= 0.3 is 5.97 Å². The molecule has 8 heteroatoms. The van der Waals surface area contributed by atoms with E-state index >= 15 is 0 Å². The molecule has 1 N–H and O–H groups in total. The van der Waals surface area contributed by atoms with Gasteiger partial charge in [0.15, 0.2) is 5.82 Å². The number of hydrogen-bond acceptors (Lipinski definition) is 5. The number of benzene rings is 1. The summed E-state index contributed by atoms with van der Waals surface area (Å²) >= 11 is 5.87. The molecule has 1 unspecified atom stereocenters. The van der Waals surface area contributed by atoms with Crippen molar-refractivity contribution in [2.75, 3.05) is 0 Å². The maximum Gasteiger partial charge on any atom is 0.306 e. The van der Waals surface area contributed by atoms with Crippen molar-refractivity contribution in [3.05, 3.63) is 35.1 Å². The first-order valence-corrected chi connectivity index (χ1v) is 6.80. The summed E-state index contributed by atoms with van der Waals surface area (Å²) < 4.78 is 7.11. The molecule has 2 rings (SSSR count). The van der Waals surface area contributed by atoms with Gasteiger partial charge in [-0.25, -0.2) is 4.68 Å². The average molecular weight is 311 g/mol. The molecule has 0 bridgehead atoms. The van der Waals surface area contributed by atoms with Crippen LogP contribution in [0.25, 0.3) is 0 Å². The lowest BCUT2D eigenvalue weighted by molar-refractivity contribution is -0.141. The van der Waals surface area contributed by atoms with E-state index in [0.717, 1.165) is 0 Å². The number of aliphatic carboxylic acids is 1. The highest BCUT2D eigenvalue weighted by atomic mass is 35.5. The van der Waals surface area contributed by atoms with Crippen LogP contribution < -0.4 is 4.74 Å². The standard InChI is InChI=1S/C13H15ClN4O3/c1-9(13(19)20)5-6-18-12(15-16-17-18)8-21-11-4-2-3-10(14)7-11/h2-4,7,9H,5-6,8H2,1H3,(H,19,20). The fourth-order valence-electron chi connectivity index (χ4n) is 1.64. The first-order chi connectivity index (χ1) is 10.1. The van der Waals surface area contributed by atoms with Crippen LogP contribution in [-0.4, -0.2) is 31.3 Å². The fourth-order valence-corrected chi connectivity index (χ4v) is 1.82. The van der Waals surface area contributed by atoms with Gasteiger partial charge in [-0.3, -0.25) is 4.79 Å². The lowest BCUT2D eigenvalue weighted by Gasteiger charge is -2.08. The number of carboxylic acid groups (broad SMARTS) is 1. The van der Waals surface area contributed by atoms with Crippen LogP contribution in [0.15, 0.2) is 24.3 Å². The molecule has 21 heavy (non-hydrogen) atoms. The van der Waals surface area contributed by atoms with Crippen LogP contribution >= 0.6 is 11.6 Å². The second kappa shape index (κ2) is 7.03. The number of ether oxygens (including phenoxy) is 1. The molecule has 0 fully saturated rings. The topological polar surface area (TPSA) is 90.1 Å². The normalized spacial score (nSPS) is 12.1. The second-order valence-electron chi connectivity index (χ2n) is 4.59. The maximum atomic E-state index is 10.8. The molecule has 0 spiro atoms. The molecule has 0 saturated carbocycles. The summed E-state index contributed by atoms with van der Waals surface area (Å²) in [5, 5.41) is 20.7. The molecule has 0 amide bonds. The van der Waals surface area contributed by atoms with E-state index in [2.05, 4.69) is 15.5 Å². The van der Waals surface area contributed by atoms with Crippen molar-refractivity contribution in [1.29, 1.82) is 0 Å². The van der Waals surface area contributed by atoms with E-state index in [0.29, 0.717) is 29.6 Å². The van der Waals surface area contributed by atoms with E-state index in [1.165, 1.54) is 0 Å². The van der Waals surface area contributed by atoms with E-state index in [1.807, 2.05) is 0 Å². The molecule has 1 aromatic carbocycles. The predicted molar refractivity (Wildman–Crippen MR) is 75.0 cm³/mol. The first kappa shape index (κ1) is 15.2. The van der Waals surface area contributed by atoms with Crippen LogP contribution in [0, 0.1) is 5.92 Å². The van der Waals surface area contributed by atoms with Crippen molar-refractivity contribution in [1.82, 2.24) is 20.2 Å². The monoisotopic (exact) mass is 310 g/mol. The average Bonchev–Trinajstić information content (AvgIpc) is 2.90. The van der Waals surface area contributed by atoms with Crippen molar-refractivity contribution in [2.45, 2.75) is 26.5 Å². The van der Waals surface area contributed by atoms with E-state index in [9.17, 15) is 4.79 Å². The molecular formula is C13H15ClN4O3. The summed E-state index contributed by atoms with van der Waals surface area (Å²) in [4.78, 5) is 10.8. The number of rotatable bonds is 7. The predicted octanol–water partition coefficient (Wildman–Crippen LogP) is 2.02. The molecule has 0 radical (unpaired) electrons. The van der Waals surface area contributed by atoms with Crippen molar-refractivity contribution >= 4 is 17.6 Å². The summed E-state index contributed by atoms with van der Waals surface area (Å²) in [5.74, 6) is -0.126. The quantitative estimate of drug-likeness (QED) is 0.841. The fraction of sp³-hybridized carbons (Fsp3) is 0.385. The van der Waals surface area contributed by atoms with Gasteiger partial charge in [-0.2, -0.15) is 0 Å². The molecule has 1 aromatic heterocycles. The number of halogens is 1. The van der Waals surface area contributed by atoms with Gasteiger partial charge in [-0.1, -0.05) is 24.6 Å². The molecule has 7 nitrogen and oxygen atoms in total. The number of carbonyl (C=O) groups is 1. The van der Waals surface area contributed by atoms with E-state index < -0.39 is 11.9 Å². The highest BCUT2D eigenvalue weighted by Crippen LogP contribution is 2.18. The van der Waals surface area contributed by atoms with Gasteiger partial charge in [-0.05, 0) is 35.0 Å². The van der Waals surface area contributed by atoms with Crippen LogP contribution in [0.5, 0.6) is 5.75 Å². The molecule has 112 valence electrons. The van der Waals surface area contributed by atoms with E-state index in [1.54, 1.807) is 35.9 Å². The Hall–Kier alpha value is -2.15. The first-order valence-electron chi connectivity index (χ1n) is 6.42. The zero-order chi connectivity index (χ0) is 15.2. The Morgan fingerprint density at radius 2 is 2.33 bits per heavy atom. The molecule has 0 aliphatic heterocycles. The molecule has 1 atom stereocenters. The Balaban J connectivity index is 1.92. The van der Waals surface area contributed by atoms with Gasteiger partial charge in [0.1, 0.15) is 12.4 Å². The molecule has 0 aliphatic rings. The minimum Gasteiger partial charge on any atom is -0.485 e. The highest BCUT2D eigenvalue weighted by Gasteiger charge is 2.13. The zero-order valence-corrected chi connectivity index (χ0v) is 12.2. The van der Waals surface area contributed by atoms with Crippen LogP contribution in [0.2, 0.25) is 5.02 Å². The second-order valence-corrected chi connectivity index (χ2v) is 5.03. The largest absolute Gasteiger partial charge is 0.485 e. The lowest BCUT2D eigenvalue weighted by atomic mass is 10.1. The van der Waals surface area contributed by atoms with Crippen molar-refractivity contribution < 1.29 is 14.6 Å². The summed E-state index contributed by atoms with van der Waals surface area (Å²) in [6, 6.07) is 7.02. The Kier molecular flexibility index (Phi) is 5.10. The van der Waals surface area contributed by atoms with Gasteiger partial charge in [0.2, 0.25) is 0 Å². The van der Waals surface area contributed by atoms with Gasteiger partial charge in [-0.15, -0.1) is 5.10 Å². The molecule has 0 saturated heterocycles. The van der Waals surface area contributed by atoms with Crippen LogP contribution in [-0.2, 0) is 17.9 Å². The Morgan fingerprint density at radius 1 is 1.52 bits per heavy atom. The number of aryl methyl sites for hydroxylation is 1. The number of aromatic nitrogens is 4. The van der Waals surface area contributed by atoms with Crippen molar-refractivity contribution in [2.24, 2.45) is 5.92 Å². The number of tetrazole rings is 1. The van der Waals surface area contributed by atoms with Crippen LogP contribution in [0.1, 0.15) is 19.2 Å². The molecular weight excluding hydrogens is 296 g/mol. The molecule has 1 heterocycles. The Morgan fingerprint density at radius 3 is 3.05 bits per heavy atom. The number of carboxylic acids is 1. The van der Waals surface area contributed by atoms with Gasteiger partial charge in [0, 0.05) is 11.6 Å². The summed E-state index contributed by atoms with van der Waals surface area (Å²) in [7, 11) is 0. The number of hydrogen-bond donors (Lipinski definition) is 1. The third-order valence-electron chi connectivity index (χ3n) is 2.97. The van der Waals surface area contributed by atoms with Crippen molar-refractivity contribution in [3.63, 3.8) is 0 Å². The smallest absolute Gasteiger partial charge is 0.306 e. The van der Waals surface area contributed by atoms with Crippen molar-refractivity contribution in [3.8, 4) is 5.75 Å². The van der Waals surface area contributed by atoms with E-state index in [4.69, 9.17) is 21.4 Å². The Bertz CT molecular complexity index is 617. The van der Waals surface area contributed by atoms with Gasteiger partial charge in [0.05, 0.1) is 5.92 Å². The Labute approximate surface area is 126 Å². The number of nitrogens with zero attached hydrogens (tertiary/aromatic N) is 4. The highest BCUT2D eigenvalue weighted by molar-refractivity contribution is 6.30. The van der Waals surface area contributed by atoms with E-state index in [-0.39, 0.29) is 6.61 Å². The minimum atomic E-state index is -0.834. The lowest BCUT2D eigenvalue weighted by Crippen LogP contribution is -2.15. The molecule has 2 aromatic rings. The van der Waals surface area contributed by atoms with Crippen LogP contribution in [0.4, 0.5) is 0 Å². The SMILES string of the molecule is CC(CCn1nnnc1COc1cccc(Cl)c1)C(=O)O.